The molecule has 1 aliphatic rings. The highest BCUT2D eigenvalue weighted by Crippen LogP contribution is 2.40. The summed E-state index contributed by atoms with van der Waals surface area (Å²) in [7, 11) is 0. The average molecular weight is 385 g/mol. The summed E-state index contributed by atoms with van der Waals surface area (Å²) in [5, 5.41) is 4.33. The highest BCUT2D eigenvalue weighted by molar-refractivity contribution is 9.10. The normalized spacial score (nSPS) is 18.1. The first-order valence-corrected chi connectivity index (χ1v) is 10.0. The van der Waals surface area contributed by atoms with Crippen molar-refractivity contribution in [2.45, 2.75) is 50.9 Å². The van der Waals surface area contributed by atoms with Crippen LogP contribution < -0.4 is 5.73 Å². The number of thiophene rings is 2. The molecule has 3 rings (SSSR count). The Balaban J connectivity index is 1.88. The van der Waals surface area contributed by atoms with E-state index in [1.165, 1.54) is 27.1 Å². The number of nitrogens with zero attached hydrogens (tertiary/aromatic N) is 1. The Morgan fingerprint density at radius 3 is 2.76 bits per heavy atom. The zero-order valence-corrected chi connectivity index (χ0v) is 15.4. The van der Waals surface area contributed by atoms with Gasteiger partial charge >= 0.3 is 0 Å². The number of halogens is 1. The minimum Gasteiger partial charge on any atom is -0.326 e. The first-order chi connectivity index (χ1) is 10.2. The topological polar surface area (TPSA) is 29.3 Å². The molecule has 114 valence electrons. The van der Waals surface area contributed by atoms with E-state index in [0.717, 1.165) is 13.0 Å². The Morgan fingerprint density at radius 1 is 1.43 bits per heavy atom. The van der Waals surface area contributed by atoms with E-state index in [0.29, 0.717) is 12.1 Å². The van der Waals surface area contributed by atoms with Gasteiger partial charge in [-0.15, -0.1) is 22.7 Å². The maximum Gasteiger partial charge on any atom is 0.0599 e. The van der Waals surface area contributed by atoms with Crippen molar-refractivity contribution in [1.29, 1.82) is 0 Å². The summed E-state index contributed by atoms with van der Waals surface area (Å²) in [5.41, 5.74) is 6.51. The minimum atomic E-state index is 0.191. The van der Waals surface area contributed by atoms with Gasteiger partial charge in [0, 0.05) is 38.2 Å². The van der Waals surface area contributed by atoms with Crippen LogP contribution in [0, 0.1) is 0 Å². The van der Waals surface area contributed by atoms with Crippen LogP contribution in [0.2, 0.25) is 0 Å². The maximum atomic E-state index is 6.51. The zero-order valence-electron chi connectivity index (χ0n) is 12.2. The fourth-order valence-corrected chi connectivity index (χ4v) is 5.12. The van der Waals surface area contributed by atoms with E-state index in [4.69, 9.17) is 5.73 Å². The van der Waals surface area contributed by atoms with Gasteiger partial charge in [-0.3, -0.25) is 4.90 Å². The van der Waals surface area contributed by atoms with Crippen LogP contribution in [0.15, 0.2) is 33.4 Å². The van der Waals surface area contributed by atoms with E-state index in [1.54, 1.807) is 0 Å². The van der Waals surface area contributed by atoms with Gasteiger partial charge in [0.25, 0.3) is 0 Å². The third-order valence-electron chi connectivity index (χ3n) is 4.05. The molecule has 1 fully saturated rings. The van der Waals surface area contributed by atoms with Gasteiger partial charge in [-0.1, -0.05) is 13.0 Å². The first kappa shape index (κ1) is 15.7. The fourth-order valence-electron chi connectivity index (χ4n) is 2.77. The molecule has 2 heterocycles. The summed E-state index contributed by atoms with van der Waals surface area (Å²) in [6.45, 7) is 3.22. The smallest absolute Gasteiger partial charge is 0.0599 e. The number of hydrogen-bond donors (Lipinski definition) is 1. The predicted molar refractivity (Wildman–Crippen MR) is 95.9 cm³/mol. The van der Waals surface area contributed by atoms with Crippen LogP contribution in [0.5, 0.6) is 0 Å². The van der Waals surface area contributed by atoms with Crippen LogP contribution in [-0.2, 0) is 6.54 Å². The Hall–Kier alpha value is -0.200. The van der Waals surface area contributed by atoms with E-state index < -0.39 is 0 Å². The van der Waals surface area contributed by atoms with Crippen LogP contribution in [0.3, 0.4) is 0 Å². The molecule has 2 aromatic rings. The molecule has 2 aromatic heterocycles. The highest BCUT2D eigenvalue weighted by atomic mass is 79.9. The number of hydrogen-bond acceptors (Lipinski definition) is 4. The van der Waals surface area contributed by atoms with Crippen LogP contribution in [0.4, 0.5) is 0 Å². The second-order valence-electron chi connectivity index (χ2n) is 5.67. The monoisotopic (exact) mass is 384 g/mol. The van der Waals surface area contributed by atoms with Gasteiger partial charge in [-0.2, -0.15) is 0 Å². The predicted octanol–water partition coefficient (Wildman–Crippen LogP) is 5.02. The van der Waals surface area contributed by atoms with Crippen molar-refractivity contribution in [1.82, 2.24) is 4.90 Å². The largest absolute Gasteiger partial charge is 0.326 e. The molecule has 21 heavy (non-hydrogen) atoms. The lowest BCUT2D eigenvalue weighted by Gasteiger charge is -2.34. The lowest BCUT2D eigenvalue weighted by molar-refractivity contribution is 0.155. The summed E-state index contributed by atoms with van der Waals surface area (Å²) in [6, 6.07) is 7.85. The van der Waals surface area contributed by atoms with Crippen molar-refractivity contribution in [3.05, 3.63) is 43.2 Å². The summed E-state index contributed by atoms with van der Waals surface area (Å²) in [4.78, 5) is 5.46. The summed E-state index contributed by atoms with van der Waals surface area (Å²) in [6.07, 6.45) is 3.63. The molecular weight excluding hydrogens is 364 g/mol. The van der Waals surface area contributed by atoms with Crippen molar-refractivity contribution in [3.63, 3.8) is 0 Å². The molecule has 2 unspecified atom stereocenters. The molecule has 0 bridgehead atoms. The molecular formula is C16H21BrN2S2. The Bertz CT molecular complexity index is 563. The molecule has 1 aliphatic carbocycles. The summed E-state index contributed by atoms with van der Waals surface area (Å²) < 4.78 is 1.17. The molecule has 0 spiro atoms. The second-order valence-corrected chi connectivity index (χ2v) is 8.56. The lowest BCUT2D eigenvalue weighted by atomic mass is 10.0. The van der Waals surface area contributed by atoms with E-state index in [-0.39, 0.29) is 6.04 Å². The maximum absolute atomic E-state index is 6.51. The van der Waals surface area contributed by atoms with Crippen LogP contribution in [-0.4, -0.2) is 17.0 Å². The molecule has 1 saturated carbocycles. The average Bonchev–Trinajstić information content (AvgIpc) is 3.03. The Morgan fingerprint density at radius 2 is 2.24 bits per heavy atom. The highest BCUT2D eigenvalue weighted by Gasteiger charge is 2.37. The quantitative estimate of drug-likeness (QED) is 0.726. The van der Waals surface area contributed by atoms with Crippen LogP contribution in [0.1, 0.15) is 42.0 Å². The van der Waals surface area contributed by atoms with Gasteiger partial charge in [0.1, 0.15) is 0 Å². The summed E-state index contributed by atoms with van der Waals surface area (Å²) in [5.74, 6) is 0. The van der Waals surface area contributed by atoms with Crippen LogP contribution in [0.25, 0.3) is 0 Å². The molecule has 0 radical (unpaired) electrons. The molecule has 0 aliphatic heterocycles. The van der Waals surface area contributed by atoms with Crippen molar-refractivity contribution in [2.75, 3.05) is 0 Å². The fraction of sp³-hybridized carbons (Fsp3) is 0.500. The van der Waals surface area contributed by atoms with E-state index in [1.807, 2.05) is 22.7 Å². The third-order valence-corrected chi connectivity index (χ3v) is 6.67. The standard InChI is InChI=1S/C16H21BrN2S2/c1-2-14(18)16(15-8-11(17)10-21-15)19(12-5-6-12)9-13-4-3-7-20-13/h3-4,7-8,10,12,14,16H,2,5-6,9,18H2,1H3. The number of nitrogens with two attached hydrogens (primary N) is 1. The lowest BCUT2D eigenvalue weighted by Crippen LogP contribution is -2.41. The van der Waals surface area contributed by atoms with E-state index in [2.05, 4.69) is 56.7 Å². The van der Waals surface area contributed by atoms with Crippen molar-refractivity contribution < 1.29 is 0 Å². The minimum absolute atomic E-state index is 0.191. The molecule has 2 N–H and O–H groups in total. The van der Waals surface area contributed by atoms with Crippen LogP contribution >= 0.6 is 38.6 Å². The number of rotatable bonds is 7. The molecule has 2 nitrogen and oxygen atoms in total. The summed E-state index contributed by atoms with van der Waals surface area (Å²) >= 11 is 7.25. The molecule has 0 saturated heterocycles. The van der Waals surface area contributed by atoms with Gasteiger partial charge < -0.3 is 5.73 Å². The molecule has 0 aromatic carbocycles. The van der Waals surface area contributed by atoms with Gasteiger partial charge in [0.05, 0.1) is 6.04 Å². The van der Waals surface area contributed by atoms with Gasteiger partial charge in [-0.05, 0) is 52.7 Å². The van der Waals surface area contributed by atoms with Gasteiger partial charge in [-0.25, -0.2) is 0 Å². The van der Waals surface area contributed by atoms with Crippen molar-refractivity contribution >= 4 is 38.6 Å². The molecule has 5 heteroatoms. The second kappa shape index (κ2) is 6.92. The van der Waals surface area contributed by atoms with Gasteiger partial charge in [0.2, 0.25) is 0 Å². The third kappa shape index (κ3) is 3.77. The van der Waals surface area contributed by atoms with E-state index >= 15 is 0 Å². The van der Waals surface area contributed by atoms with E-state index in [9.17, 15) is 0 Å². The Kier molecular flexibility index (Phi) is 5.17. The zero-order chi connectivity index (χ0) is 14.8. The van der Waals surface area contributed by atoms with Crippen molar-refractivity contribution in [3.8, 4) is 0 Å². The van der Waals surface area contributed by atoms with Gasteiger partial charge in [0.15, 0.2) is 0 Å². The molecule has 2 atom stereocenters. The Labute approximate surface area is 143 Å². The van der Waals surface area contributed by atoms with Crippen molar-refractivity contribution in [2.24, 2.45) is 5.73 Å². The SMILES string of the molecule is CCC(N)C(c1cc(Br)cs1)N(Cc1cccs1)C1CC1. The molecule has 0 amide bonds. The first-order valence-electron chi connectivity index (χ1n) is 7.46.